The first-order chi connectivity index (χ1) is 9.65. The number of rotatable bonds is 3. The highest BCUT2D eigenvalue weighted by Crippen LogP contribution is 2.23. The maximum absolute atomic E-state index is 12.5. The smallest absolute Gasteiger partial charge is 0.273 e. The van der Waals surface area contributed by atoms with E-state index in [9.17, 15) is 4.79 Å². The van der Waals surface area contributed by atoms with Gasteiger partial charge in [0, 0.05) is 24.5 Å². The van der Waals surface area contributed by atoms with Gasteiger partial charge in [-0.05, 0) is 13.8 Å². The third-order valence-electron chi connectivity index (χ3n) is 3.36. The van der Waals surface area contributed by atoms with Gasteiger partial charge in [-0.2, -0.15) is 0 Å². The third-order valence-corrected chi connectivity index (χ3v) is 4.02. The second-order valence-corrected chi connectivity index (χ2v) is 5.63. The van der Waals surface area contributed by atoms with Gasteiger partial charge in [0.15, 0.2) is 0 Å². The predicted octanol–water partition coefficient (Wildman–Crippen LogP) is 2.04. The van der Waals surface area contributed by atoms with Crippen molar-refractivity contribution in [1.82, 2.24) is 15.0 Å². The summed E-state index contributed by atoms with van der Waals surface area (Å²) in [6.07, 6.45) is 2.53. The minimum Gasteiger partial charge on any atom is -0.465 e. The van der Waals surface area contributed by atoms with Gasteiger partial charge < -0.3 is 14.2 Å². The van der Waals surface area contributed by atoms with Gasteiger partial charge in [-0.3, -0.25) is 4.79 Å². The Morgan fingerprint density at radius 2 is 2.40 bits per heavy atom. The van der Waals surface area contributed by atoms with Crippen LogP contribution in [-0.4, -0.2) is 40.1 Å². The van der Waals surface area contributed by atoms with E-state index in [0.29, 0.717) is 35.3 Å². The summed E-state index contributed by atoms with van der Waals surface area (Å²) < 4.78 is 10.8. The van der Waals surface area contributed by atoms with E-state index in [-0.39, 0.29) is 12.0 Å². The molecule has 1 saturated heterocycles. The van der Waals surface area contributed by atoms with Gasteiger partial charge in [-0.1, -0.05) is 16.5 Å². The lowest BCUT2D eigenvalue weighted by molar-refractivity contribution is 0.0770. The zero-order valence-electron chi connectivity index (χ0n) is 11.3. The number of nitrogens with zero attached hydrogens (tertiary/aromatic N) is 3. The summed E-state index contributed by atoms with van der Waals surface area (Å²) in [5.41, 5.74) is 1.21. The van der Waals surface area contributed by atoms with E-state index in [0.717, 1.165) is 6.42 Å². The van der Waals surface area contributed by atoms with Crippen LogP contribution in [-0.2, 0) is 0 Å². The molecule has 0 saturated carbocycles. The molecule has 1 amide bonds. The lowest BCUT2D eigenvalue weighted by Gasteiger charge is -2.16. The number of hydrogen-bond acceptors (Lipinski definition) is 6. The average Bonchev–Trinajstić information content (AvgIpc) is 3.13. The number of carbonyl (C=O) groups excluding carboxylic acids is 1. The Bertz CT molecular complexity index is 589. The Hall–Kier alpha value is -1.89. The summed E-state index contributed by atoms with van der Waals surface area (Å²) in [4.78, 5) is 18.3. The van der Waals surface area contributed by atoms with Gasteiger partial charge in [-0.15, -0.1) is 0 Å². The van der Waals surface area contributed by atoms with Crippen LogP contribution < -0.4 is 4.74 Å². The van der Waals surface area contributed by atoms with Crippen molar-refractivity contribution in [3.05, 3.63) is 28.6 Å². The molecule has 20 heavy (non-hydrogen) atoms. The molecule has 1 atom stereocenters. The van der Waals surface area contributed by atoms with Crippen LogP contribution in [0.1, 0.15) is 28.2 Å². The number of likely N-dealkylation sites (tertiary alicyclic amines) is 1. The number of aromatic nitrogens is 2. The van der Waals surface area contributed by atoms with Crippen LogP contribution >= 0.6 is 11.3 Å². The summed E-state index contributed by atoms with van der Waals surface area (Å²) in [7, 11) is 0. The lowest BCUT2D eigenvalue weighted by atomic mass is 10.2. The maximum Gasteiger partial charge on any atom is 0.273 e. The SMILES string of the molecule is Cc1noc(C)c1C(=O)N1CCC(Oc2nccs2)C1. The zero-order valence-corrected chi connectivity index (χ0v) is 12.1. The molecule has 1 aliphatic rings. The number of hydrogen-bond donors (Lipinski definition) is 0. The molecule has 7 heteroatoms. The van der Waals surface area contributed by atoms with Crippen LogP contribution in [0.4, 0.5) is 0 Å². The van der Waals surface area contributed by atoms with Crippen molar-refractivity contribution < 1.29 is 14.1 Å². The van der Waals surface area contributed by atoms with Crippen molar-refractivity contribution in [3.8, 4) is 5.19 Å². The fourth-order valence-corrected chi connectivity index (χ4v) is 2.92. The molecule has 0 aliphatic carbocycles. The van der Waals surface area contributed by atoms with Crippen molar-refractivity contribution in [2.75, 3.05) is 13.1 Å². The van der Waals surface area contributed by atoms with Crippen LogP contribution in [0.5, 0.6) is 5.19 Å². The number of thiazole rings is 1. The molecule has 1 aliphatic heterocycles. The minimum absolute atomic E-state index is 0.00516. The van der Waals surface area contributed by atoms with E-state index < -0.39 is 0 Å². The fraction of sp³-hybridized carbons (Fsp3) is 0.462. The minimum atomic E-state index is -0.0357. The second-order valence-electron chi connectivity index (χ2n) is 4.78. The Morgan fingerprint density at radius 3 is 3.05 bits per heavy atom. The van der Waals surface area contributed by atoms with Crippen LogP contribution in [0.3, 0.4) is 0 Å². The highest BCUT2D eigenvalue weighted by molar-refractivity contribution is 7.11. The Kier molecular flexibility index (Phi) is 3.43. The standard InChI is InChI=1S/C13H15N3O3S/c1-8-11(9(2)19-15-8)12(17)16-5-3-10(7-16)18-13-14-4-6-20-13/h4,6,10H,3,5,7H2,1-2H3. The third kappa shape index (κ3) is 2.40. The van der Waals surface area contributed by atoms with Gasteiger partial charge in [-0.25, -0.2) is 4.98 Å². The topological polar surface area (TPSA) is 68.5 Å². The molecule has 6 nitrogen and oxygen atoms in total. The molecule has 0 N–H and O–H groups in total. The van der Waals surface area contributed by atoms with E-state index in [1.807, 2.05) is 5.38 Å². The summed E-state index contributed by atoms with van der Waals surface area (Å²) in [6, 6.07) is 0. The molecule has 3 heterocycles. The highest BCUT2D eigenvalue weighted by Gasteiger charge is 2.31. The zero-order chi connectivity index (χ0) is 14.1. The van der Waals surface area contributed by atoms with Crippen molar-refractivity contribution in [2.24, 2.45) is 0 Å². The molecule has 0 radical (unpaired) electrons. The Balaban J connectivity index is 1.66. The summed E-state index contributed by atoms with van der Waals surface area (Å²) in [5.74, 6) is 0.531. The molecule has 106 valence electrons. The summed E-state index contributed by atoms with van der Waals surface area (Å²) in [5, 5.41) is 6.35. The monoisotopic (exact) mass is 293 g/mol. The fourth-order valence-electron chi connectivity index (χ4n) is 2.37. The van der Waals surface area contributed by atoms with Crippen molar-refractivity contribution in [3.63, 3.8) is 0 Å². The van der Waals surface area contributed by atoms with Gasteiger partial charge >= 0.3 is 0 Å². The second kappa shape index (κ2) is 5.24. The first-order valence-electron chi connectivity index (χ1n) is 6.43. The summed E-state index contributed by atoms with van der Waals surface area (Å²) >= 11 is 1.46. The number of carbonyl (C=O) groups is 1. The van der Waals surface area contributed by atoms with Gasteiger partial charge in [0.25, 0.3) is 11.1 Å². The normalized spacial score (nSPS) is 18.5. The first kappa shape index (κ1) is 13.1. The lowest BCUT2D eigenvalue weighted by Crippen LogP contribution is -2.31. The van der Waals surface area contributed by atoms with E-state index in [1.165, 1.54) is 11.3 Å². The van der Waals surface area contributed by atoms with Crippen molar-refractivity contribution in [1.29, 1.82) is 0 Å². The first-order valence-corrected chi connectivity index (χ1v) is 7.31. The van der Waals surface area contributed by atoms with E-state index in [4.69, 9.17) is 9.26 Å². The van der Waals surface area contributed by atoms with E-state index in [1.54, 1.807) is 24.9 Å². The van der Waals surface area contributed by atoms with Gasteiger partial charge in [0.05, 0.1) is 12.2 Å². The molecule has 0 aromatic carbocycles. The van der Waals surface area contributed by atoms with Crippen LogP contribution in [0.2, 0.25) is 0 Å². The molecular weight excluding hydrogens is 278 g/mol. The Labute approximate surface area is 120 Å². The number of amides is 1. The predicted molar refractivity (Wildman–Crippen MR) is 73.0 cm³/mol. The average molecular weight is 293 g/mol. The summed E-state index contributed by atoms with van der Waals surface area (Å²) in [6.45, 7) is 4.79. The van der Waals surface area contributed by atoms with Gasteiger partial charge in [0.1, 0.15) is 17.4 Å². The van der Waals surface area contributed by atoms with Crippen molar-refractivity contribution >= 4 is 17.2 Å². The molecule has 2 aromatic rings. The quantitative estimate of drug-likeness (QED) is 0.866. The van der Waals surface area contributed by atoms with Crippen molar-refractivity contribution in [2.45, 2.75) is 26.4 Å². The molecular formula is C13H15N3O3S. The Morgan fingerprint density at radius 1 is 1.55 bits per heavy atom. The van der Waals surface area contributed by atoms with Crippen LogP contribution in [0.15, 0.2) is 16.1 Å². The molecule has 1 fully saturated rings. The largest absolute Gasteiger partial charge is 0.465 e. The molecule has 1 unspecified atom stereocenters. The van der Waals surface area contributed by atoms with E-state index in [2.05, 4.69) is 10.1 Å². The van der Waals surface area contributed by atoms with Crippen LogP contribution in [0, 0.1) is 13.8 Å². The molecule has 3 rings (SSSR count). The van der Waals surface area contributed by atoms with E-state index >= 15 is 0 Å². The van der Waals surface area contributed by atoms with Crippen LogP contribution in [0.25, 0.3) is 0 Å². The molecule has 0 bridgehead atoms. The molecule has 2 aromatic heterocycles. The number of aryl methyl sites for hydroxylation is 2. The highest BCUT2D eigenvalue weighted by atomic mass is 32.1. The maximum atomic E-state index is 12.5. The molecule has 0 spiro atoms. The number of ether oxygens (including phenoxy) is 1. The van der Waals surface area contributed by atoms with Gasteiger partial charge in [0.2, 0.25) is 0 Å².